The van der Waals surface area contributed by atoms with Gasteiger partial charge in [-0.2, -0.15) is 0 Å². The van der Waals surface area contributed by atoms with Gasteiger partial charge < -0.3 is 4.57 Å². The number of nitrogens with zero attached hydrogens (tertiary/aromatic N) is 2. The van der Waals surface area contributed by atoms with Gasteiger partial charge in [-0.25, -0.2) is 5.53 Å². The van der Waals surface area contributed by atoms with Crippen molar-refractivity contribution < 1.29 is 0 Å². The molecule has 0 fully saturated rings. The molecule has 1 heterocycles. The Bertz CT molecular complexity index is 1060. The summed E-state index contributed by atoms with van der Waals surface area (Å²) in [5, 5.41) is 13.3. The molecular weight excluding hydrogens is 296 g/mol. The molecule has 4 nitrogen and oxygen atoms in total. The number of hydrogen-bond acceptors (Lipinski definition) is 2. The van der Waals surface area contributed by atoms with E-state index in [4.69, 9.17) is 10.9 Å². The second kappa shape index (κ2) is 5.74. The molecule has 0 aliphatic carbocycles. The van der Waals surface area contributed by atoms with E-state index in [9.17, 15) is 0 Å². The van der Waals surface area contributed by atoms with Crippen LogP contribution in [0.25, 0.3) is 21.8 Å². The lowest BCUT2D eigenvalue weighted by Gasteiger charge is -2.08. The number of amidine groups is 1. The molecule has 0 saturated heterocycles. The minimum absolute atomic E-state index is 0.0169. The Morgan fingerprint density at radius 2 is 1.54 bits per heavy atom. The molecule has 0 spiro atoms. The molecule has 0 aliphatic rings. The summed E-state index contributed by atoms with van der Waals surface area (Å²) in [4.78, 5) is 0. The SMILES string of the molecule is N=NC(=N)c1ccc2c(c1)c1ccccc1n2Cc1ccccc1. The third-order valence-corrected chi connectivity index (χ3v) is 4.34. The maximum atomic E-state index is 7.79. The van der Waals surface area contributed by atoms with E-state index < -0.39 is 0 Å². The summed E-state index contributed by atoms with van der Waals surface area (Å²) in [6.45, 7) is 0.796. The molecule has 4 heteroatoms. The zero-order valence-corrected chi connectivity index (χ0v) is 13.0. The monoisotopic (exact) mass is 312 g/mol. The molecule has 4 aromatic rings. The molecule has 24 heavy (non-hydrogen) atoms. The molecule has 0 unspecified atom stereocenters. The highest BCUT2D eigenvalue weighted by Crippen LogP contribution is 2.30. The summed E-state index contributed by atoms with van der Waals surface area (Å²) >= 11 is 0. The fourth-order valence-corrected chi connectivity index (χ4v) is 3.20. The lowest BCUT2D eigenvalue weighted by atomic mass is 10.1. The zero-order chi connectivity index (χ0) is 16.5. The van der Waals surface area contributed by atoms with Crippen LogP contribution in [0, 0.1) is 10.9 Å². The van der Waals surface area contributed by atoms with Crippen molar-refractivity contribution in [2.24, 2.45) is 5.11 Å². The summed E-state index contributed by atoms with van der Waals surface area (Å²) in [5.41, 5.74) is 11.3. The van der Waals surface area contributed by atoms with Crippen molar-refractivity contribution >= 4 is 27.6 Å². The average Bonchev–Trinajstić information content (AvgIpc) is 2.95. The molecule has 3 aromatic carbocycles. The highest BCUT2D eigenvalue weighted by molar-refractivity contribution is 6.11. The Morgan fingerprint density at radius 3 is 2.33 bits per heavy atom. The molecule has 0 aliphatic heterocycles. The van der Waals surface area contributed by atoms with Gasteiger partial charge in [-0.3, -0.25) is 5.41 Å². The van der Waals surface area contributed by atoms with Gasteiger partial charge in [0, 0.05) is 33.9 Å². The standard InChI is InChI=1S/C20H16N4/c21-20(23-22)15-10-11-19-17(12-15)16-8-4-5-9-18(16)24(19)13-14-6-2-1-3-7-14/h1-12,21-22H,13H2. The molecule has 2 N–H and O–H groups in total. The van der Waals surface area contributed by atoms with E-state index in [0.717, 1.165) is 22.8 Å². The minimum atomic E-state index is -0.0169. The first kappa shape index (κ1) is 14.3. The predicted molar refractivity (Wildman–Crippen MR) is 97.0 cm³/mol. The fourth-order valence-electron chi connectivity index (χ4n) is 3.20. The van der Waals surface area contributed by atoms with E-state index in [1.165, 1.54) is 11.1 Å². The maximum absolute atomic E-state index is 7.79. The molecule has 4 rings (SSSR count). The van der Waals surface area contributed by atoms with Crippen LogP contribution in [-0.4, -0.2) is 10.4 Å². The third-order valence-electron chi connectivity index (χ3n) is 4.34. The molecule has 116 valence electrons. The summed E-state index contributed by atoms with van der Waals surface area (Å²) in [6.07, 6.45) is 0. The van der Waals surface area contributed by atoms with Crippen LogP contribution < -0.4 is 0 Å². The van der Waals surface area contributed by atoms with Crippen molar-refractivity contribution in [2.45, 2.75) is 6.54 Å². The molecular formula is C20H16N4. The van der Waals surface area contributed by atoms with Crippen LogP contribution in [-0.2, 0) is 6.54 Å². The van der Waals surface area contributed by atoms with Gasteiger partial charge in [0.05, 0.1) is 0 Å². The van der Waals surface area contributed by atoms with Crippen molar-refractivity contribution in [1.82, 2.24) is 4.57 Å². The molecule has 0 bridgehead atoms. The van der Waals surface area contributed by atoms with Crippen LogP contribution in [0.4, 0.5) is 0 Å². The second-order valence-corrected chi connectivity index (χ2v) is 5.78. The maximum Gasteiger partial charge on any atom is 0.173 e. The third kappa shape index (κ3) is 2.29. The van der Waals surface area contributed by atoms with Crippen LogP contribution in [0.15, 0.2) is 77.9 Å². The van der Waals surface area contributed by atoms with E-state index in [1.54, 1.807) is 0 Å². The largest absolute Gasteiger partial charge is 0.336 e. The number of fused-ring (bicyclic) bond motifs is 3. The topological polar surface area (TPSA) is 65.0 Å². The van der Waals surface area contributed by atoms with Crippen molar-refractivity contribution in [3.8, 4) is 0 Å². The van der Waals surface area contributed by atoms with Gasteiger partial charge in [-0.05, 0) is 29.8 Å². The smallest absolute Gasteiger partial charge is 0.173 e. The fraction of sp³-hybridized carbons (Fsp3) is 0.0500. The first-order valence-corrected chi connectivity index (χ1v) is 7.79. The highest BCUT2D eigenvalue weighted by Gasteiger charge is 2.12. The van der Waals surface area contributed by atoms with Crippen LogP contribution in [0.2, 0.25) is 0 Å². The van der Waals surface area contributed by atoms with Gasteiger partial charge in [0.15, 0.2) is 5.84 Å². The van der Waals surface area contributed by atoms with Crippen LogP contribution >= 0.6 is 0 Å². The number of nitrogens with one attached hydrogen (secondary N) is 2. The van der Waals surface area contributed by atoms with E-state index in [0.29, 0.717) is 5.56 Å². The van der Waals surface area contributed by atoms with Crippen molar-refractivity contribution in [2.75, 3.05) is 0 Å². The van der Waals surface area contributed by atoms with Crippen LogP contribution in [0.5, 0.6) is 0 Å². The Balaban J connectivity index is 1.97. The number of benzene rings is 3. The van der Waals surface area contributed by atoms with Gasteiger partial charge >= 0.3 is 0 Å². The van der Waals surface area contributed by atoms with E-state index in [-0.39, 0.29) is 5.84 Å². The van der Waals surface area contributed by atoms with Crippen molar-refractivity contribution in [3.63, 3.8) is 0 Å². The summed E-state index contributed by atoms with van der Waals surface area (Å²) in [7, 11) is 0. The van der Waals surface area contributed by atoms with Gasteiger partial charge in [0.2, 0.25) is 0 Å². The molecule has 1 aromatic heterocycles. The summed E-state index contributed by atoms with van der Waals surface area (Å²) in [6, 6.07) is 24.5. The average molecular weight is 312 g/mol. The van der Waals surface area contributed by atoms with E-state index >= 15 is 0 Å². The van der Waals surface area contributed by atoms with Crippen LogP contribution in [0.1, 0.15) is 11.1 Å². The number of rotatable bonds is 3. The first-order chi connectivity index (χ1) is 11.8. The minimum Gasteiger partial charge on any atom is -0.336 e. The van der Waals surface area contributed by atoms with Gasteiger partial charge in [-0.1, -0.05) is 48.5 Å². The first-order valence-electron chi connectivity index (χ1n) is 7.79. The Labute approximate surface area is 139 Å². The van der Waals surface area contributed by atoms with Crippen molar-refractivity contribution in [3.05, 3.63) is 83.9 Å². The molecule has 0 saturated carbocycles. The van der Waals surface area contributed by atoms with Gasteiger partial charge in [0.1, 0.15) is 0 Å². The number of aromatic nitrogens is 1. The Morgan fingerprint density at radius 1 is 0.833 bits per heavy atom. The molecule has 0 amide bonds. The number of hydrogen-bond donors (Lipinski definition) is 2. The quantitative estimate of drug-likeness (QED) is 0.297. The van der Waals surface area contributed by atoms with E-state index in [2.05, 4.69) is 46.1 Å². The summed E-state index contributed by atoms with van der Waals surface area (Å²) < 4.78 is 2.30. The Kier molecular flexibility index (Phi) is 3.43. The normalized spacial score (nSPS) is 11.0. The lowest BCUT2D eigenvalue weighted by molar-refractivity contribution is 0.869. The summed E-state index contributed by atoms with van der Waals surface area (Å²) in [5.74, 6) is -0.0169. The lowest BCUT2D eigenvalue weighted by Crippen LogP contribution is -1.99. The molecule has 0 radical (unpaired) electrons. The Hall–Kier alpha value is -3.27. The van der Waals surface area contributed by atoms with Gasteiger partial charge in [-0.15, -0.1) is 5.11 Å². The van der Waals surface area contributed by atoms with Crippen molar-refractivity contribution in [1.29, 1.82) is 10.9 Å². The van der Waals surface area contributed by atoms with Crippen LogP contribution in [0.3, 0.4) is 0 Å². The second-order valence-electron chi connectivity index (χ2n) is 5.78. The zero-order valence-electron chi connectivity index (χ0n) is 13.0. The van der Waals surface area contributed by atoms with Gasteiger partial charge in [0.25, 0.3) is 0 Å². The number of para-hydroxylation sites is 1. The molecule has 0 atom stereocenters. The predicted octanol–water partition coefficient (Wildman–Crippen LogP) is 5.20. The van der Waals surface area contributed by atoms with E-state index in [1.807, 2.05) is 36.4 Å². The highest BCUT2D eigenvalue weighted by atomic mass is 15.0.